The van der Waals surface area contributed by atoms with E-state index in [1.807, 2.05) is 19.2 Å². The topological polar surface area (TPSA) is 32.7 Å². The van der Waals surface area contributed by atoms with Crippen LogP contribution in [0.15, 0.2) is 42.5 Å². The van der Waals surface area contributed by atoms with Crippen LogP contribution in [-0.2, 0) is 6.54 Å². The van der Waals surface area contributed by atoms with Crippen molar-refractivity contribution in [1.29, 1.82) is 0 Å². The minimum absolute atomic E-state index is 0.280. The van der Waals surface area contributed by atoms with E-state index in [2.05, 4.69) is 43.0 Å². The first-order chi connectivity index (χ1) is 10.1. The number of nitrogens with zero attached hydrogens (tertiary/aromatic N) is 1. The number of aryl methyl sites for hydroxylation is 1. The monoisotopic (exact) mass is 285 g/mol. The third kappa shape index (κ3) is 4.15. The van der Waals surface area contributed by atoms with E-state index in [0.29, 0.717) is 13.2 Å². The normalized spacial score (nSPS) is 10.4. The lowest BCUT2D eigenvalue weighted by Gasteiger charge is -2.20. The third-order valence-electron chi connectivity index (χ3n) is 3.41. The smallest absolute Gasteiger partial charge is 0.124 e. The lowest BCUT2D eigenvalue weighted by atomic mass is 10.1. The fourth-order valence-corrected chi connectivity index (χ4v) is 2.13. The first-order valence-corrected chi connectivity index (χ1v) is 7.32. The summed E-state index contributed by atoms with van der Waals surface area (Å²) in [6, 6.07) is 13.9. The molecule has 21 heavy (non-hydrogen) atoms. The molecule has 3 heteroatoms. The summed E-state index contributed by atoms with van der Waals surface area (Å²) in [5.74, 6) is 0.999. The van der Waals surface area contributed by atoms with Gasteiger partial charge in [-0.1, -0.05) is 24.6 Å². The second-order valence-electron chi connectivity index (χ2n) is 5.33. The first-order valence-electron chi connectivity index (χ1n) is 7.32. The third-order valence-corrected chi connectivity index (χ3v) is 3.41. The average Bonchev–Trinajstić information content (AvgIpc) is 2.48. The number of hydrogen-bond donors (Lipinski definition) is 1. The fourth-order valence-electron chi connectivity index (χ4n) is 2.13. The van der Waals surface area contributed by atoms with Gasteiger partial charge in [-0.05, 0) is 37.6 Å². The number of phenols is 1. The maximum absolute atomic E-state index is 10.1. The van der Waals surface area contributed by atoms with Gasteiger partial charge in [0.2, 0.25) is 0 Å². The Bertz CT molecular complexity index is 578. The van der Waals surface area contributed by atoms with Crippen molar-refractivity contribution in [3.05, 3.63) is 53.6 Å². The molecular weight excluding hydrogens is 262 g/mol. The maximum Gasteiger partial charge on any atom is 0.124 e. The van der Waals surface area contributed by atoms with Gasteiger partial charge in [-0.15, -0.1) is 0 Å². The molecule has 0 heterocycles. The Balaban J connectivity index is 2.06. The highest BCUT2D eigenvalue weighted by Gasteiger charge is 2.07. The van der Waals surface area contributed by atoms with Crippen molar-refractivity contribution in [2.75, 3.05) is 18.6 Å². The van der Waals surface area contributed by atoms with Crippen LogP contribution in [0.3, 0.4) is 0 Å². The van der Waals surface area contributed by atoms with Crippen LogP contribution in [0.4, 0.5) is 5.69 Å². The van der Waals surface area contributed by atoms with Gasteiger partial charge in [0, 0.05) is 30.9 Å². The Labute approximate surface area is 126 Å². The second-order valence-corrected chi connectivity index (χ2v) is 5.33. The van der Waals surface area contributed by atoms with E-state index < -0.39 is 0 Å². The average molecular weight is 285 g/mol. The van der Waals surface area contributed by atoms with E-state index >= 15 is 0 Å². The highest BCUT2D eigenvalue weighted by atomic mass is 16.5. The molecule has 3 nitrogen and oxygen atoms in total. The molecule has 1 N–H and O–H groups in total. The number of ether oxygens (including phenoxy) is 1. The Morgan fingerprint density at radius 2 is 1.81 bits per heavy atom. The fraction of sp³-hybridized carbons (Fsp3) is 0.333. The highest BCUT2D eigenvalue weighted by molar-refractivity contribution is 5.49. The summed E-state index contributed by atoms with van der Waals surface area (Å²) in [5, 5.41) is 10.1. The van der Waals surface area contributed by atoms with Crippen LogP contribution < -0.4 is 9.64 Å². The van der Waals surface area contributed by atoms with Crippen LogP contribution >= 0.6 is 0 Å². The van der Waals surface area contributed by atoms with Crippen molar-refractivity contribution in [1.82, 2.24) is 0 Å². The molecule has 0 saturated heterocycles. The summed E-state index contributed by atoms with van der Waals surface area (Å²) in [6.07, 6.45) is 0.957. The molecule has 0 aromatic heterocycles. The van der Waals surface area contributed by atoms with E-state index in [0.717, 1.165) is 23.4 Å². The van der Waals surface area contributed by atoms with Gasteiger partial charge in [-0.25, -0.2) is 0 Å². The number of phenolic OH excluding ortho intramolecular Hbond substituents is 1. The molecule has 0 amide bonds. The van der Waals surface area contributed by atoms with Gasteiger partial charge in [-0.3, -0.25) is 0 Å². The quantitative estimate of drug-likeness (QED) is 0.866. The largest absolute Gasteiger partial charge is 0.507 e. The Morgan fingerprint density at radius 3 is 2.43 bits per heavy atom. The highest BCUT2D eigenvalue weighted by Crippen LogP contribution is 2.26. The first kappa shape index (κ1) is 15.2. The lowest BCUT2D eigenvalue weighted by Crippen LogP contribution is -2.16. The number of aromatic hydroxyl groups is 1. The molecule has 0 aliphatic heterocycles. The minimum atomic E-state index is 0.280. The predicted octanol–water partition coefficient (Wildman–Crippen LogP) is 4.13. The summed E-state index contributed by atoms with van der Waals surface area (Å²) < 4.78 is 5.52. The van der Waals surface area contributed by atoms with E-state index in [9.17, 15) is 5.11 Å². The Hall–Kier alpha value is -2.16. The van der Waals surface area contributed by atoms with Crippen LogP contribution in [0.1, 0.15) is 24.5 Å². The van der Waals surface area contributed by atoms with Gasteiger partial charge in [0.1, 0.15) is 11.5 Å². The SMILES string of the molecule is CCCOc1ccc(CN(C)c2ccc(C)cc2)c(O)c1. The molecule has 0 radical (unpaired) electrons. The molecule has 2 aromatic rings. The van der Waals surface area contributed by atoms with Gasteiger partial charge in [-0.2, -0.15) is 0 Å². The predicted molar refractivity (Wildman–Crippen MR) is 87.2 cm³/mol. The molecule has 0 unspecified atom stereocenters. The van der Waals surface area contributed by atoms with Crippen LogP contribution in [-0.4, -0.2) is 18.8 Å². The zero-order chi connectivity index (χ0) is 15.2. The van der Waals surface area contributed by atoms with Gasteiger partial charge in [0.15, 0.2) is 0 Å². The molecule has 0 aliphatic rings. The van der Waals surface area contributed by atoms with Crippen molar-refractivity contribution in [3.8, 4) is 11.5 Å². The van der Waals surface area contributed by atoms with Gasteiger partial charge < -0.3 is 14.7 Å². The summed E-state index contributed by atoms with van der Waals surface area (Å²) in [7, 11) is 2.02. The molecule has 0 spiro atoms. The van der Waals surface area contributed by atoms with E-state index in [4.69, 9.17) is 4.74 Å². The van der Waals surface area contributed by atoms with Crippen molar-refractivity contribution in [2.45, 2.75) is 26.8 Å². The molecule has 0 atom stereocenters. The van der Waals surface area contributed by atoms with Gasteiger partial charge >= 0.3 is 0 Å². The molecule has 112 valence electrons. The Morgan fingerprint density at radius 1 is 1.10 bits per heavy atom. The number of anilines is 1. The zero-order valence-electron chi connectivity index (χ0n) is 13.0. The van der Waals surface area contributed by atoms with Gasteiger partial charge in [0.05, 0.1) is 6.61 Å². The molecule has 2 aromatic carbocycles. The summed E-state index contributed by atoms with van der Waals surface area (Å²) in [6.45, 7) is 5.46. The molecule has 0 bridgehead atoms. The van der Waals surface area contributed by atoms with E-state index in [1.165, 1.54) is 5.56 Å². The van der Waals surface area contributed by atoms with Crippen molar-refractivity contribution >= 4 is 5.69 Å². The van der Waals surface area contributed by atoms with Crippen LogP contribution in [0.2, 0.25) is 0 Å². The van der Waals surface area contributed by atoms with E-state index in [1.54, 1.807) is 6.07 Å². The number of rotatable bonds is 6. The summed E-state index contributed by atoms with van der Waals surface area (Å²) in [4.78, 5) is 2.11. The second kappa shape index (κ2) is 7.02. The number of hydrogen-bond acceptors (Lipinski definition) is 3. The summed E-state index contributed by atoms with van der Waals surface area (Å²) in [5.41, 5.74) is 3.26. The van der Waals surface area contributed by atoms with E-state index in [-0.39, 0.29) is 5.75 Å². The van der Waals surface area contributed by atoms with Crippen molar-refractivity contribution < 1.29 is 9.84 Å². The zero-order valence-corrected chi connectivity index (χ0v) is 13.0. The molecule has 0 fully saturated rings. The van der Waals surface area contributed by atoms with Crippen molar-refractivity contribution in [2.24, 2.45) is 0 Å². The standard InChI is InChI=1S/C18H23NO2/c1-4-11-21-17-10-7-15(18(20)12-17)13-19(3)16-8-5-14(2)6-9-16/h5-10,12,20H,4,11,13H2,1-3H3. The number of benzene rings is 2. The summed E-state index contributed by atoms with van der Waals surface area (Å²) >= 11 is 0. The van der Waals surface area contributed by atoms with Crippen molar-refractivity contribution in [3.63, 3.8) is 0 Å². The molecular formula is C18H23NO2. The van der Waals surface area contributed by atoms with Gasteiger partial charge in [0.25, 0.3) is 0 Å². The molecule has 2 rings (SSSR count). The molecule has 0 aliphatic carbocycles. The lowest BCUT2D eigenvalue weighted by molar-refractivity contribution is 0.315. The maximum atomic E-state index is 10.1. The van der Waals surface area contributed by atoms with Crippen LogP contribution in [0.25, 0.3) is 0 Å². The van der Waals surface area contributed by atoms with Crippen LogP contribution in [0.5, 0.6) is 11.5 Å². The Kier molecular flexibility index (Phi) is 5.09. The van der Waals surface area contributed by atoms with Crippen LogP contribution in [0, 0.1) is 6.92 Å². The molecule has 0 saturated carbocycles. The minimum Gasteiger partial charge on any atom is -0.507 e.